The summed E-state index contributed by atoms with van der Waals surface area (Å²) in [5, 5.41) is 23.4. The van der Waals surface area contributed by atoms with Gasteiger partial charge in [-0.05, 0) is 64.0 Å². The van der Waals surface area contributed by atoms with E-state index in [0.29, 0.717) is 31.0 Å². The first kappa shape index (κ1) is 24.6. The molecule has 0 spiro atoms. The van der Waals surface area contributed by atoms with Crippen LogP contribution >= 0.6 is 0 Å². The molecule has 1 atom stereocenters. The second-order valence-corrected chi connectivity index (χ2v) is 9.14. The normalized spacial score (nSPS) is 12.5. The van der Waals surface area contributed by atoms with Crippen molar-refractivity contribution in [1.82, 2.24) is 30.1 Å². The van der Waals surface area contributed by atoms with Crippen molar-refractivity contribution in [3.05, 3.63) is 81.4 Å². The van der Waals surface area contributed by atoms with Gasteiger partial charge >= 0.3 is 0 Å². The molecule has 0 amide bonds. The van der Waals surface area contributed by atoms with Gasteiger partial charge in [0.15, 0.2) is 5.82 Å². The molecule has 4 rings (SSSR count). The van der Waals surface area contributed by atoms with E-state index in [9.17, 15) is 9.90 Å². The summed E-state index contributed by atoms with van der Waals surface area (Å²) in [6, 6.07) is 15.5. The van der Waals surface area contributed by atoms with Crippen molar-refractivity contribution in [2.45, 2.75) is 39.9 Å². The molecular weight excluding hydrogens is 444 g/mol. The maximum atomic E-state index is 12.9. The Kier molecular flexibility index (Phi) is 7.57. The van der Waals surface area contributed by atoms with Gasteiger partial charge in [0.05, 0.1) is 26.3 Å². The Morgan fingerprint density at radius 2 is 1.91 bits per heavy atom. The number of ether oxygens (including phenoxy) is 1. The molecule has 9 heteroatoms. The van der Waals surface area contributed by atoms with E-state index >= 15 is 0 Å². The summed E-state index contributed by atoms with van der Waals surface area (Å²) in [5.74, 6) is 1.61. The molecule has 184 valence electrons. The number of nitrogens with zero attached hydrogens (tertiary/aromatic N) is 5. The van der Waals surface area contributed by atoms with Gasteiger partial charge in [0.2, 0.25) is 0 Å². The minimum Gasteiger partial charge on any atom is -0.497 e. The number of H-pyrrole nitrogens is 1. The van der Waals surface area contributed by atoms with E-state index in [0.717, 1.165) is 27.8 Å². The molecular formula is C26H32N6O3. The summed E-state index contributed by atoms with van der Waals surface area (Å²) in [6.45, 7) is 7.37. The number of fused-ring (bicyclic) bond motifs is 1. The van der Waals surface area contributed by atoms with Gasteiger partial charge in [0.25, 0.3) is 5.56 Å². The molecule has 0 bridgehead atoms. The minimum atomic E-state index is -0.205. The van der Waals surface area contributed by atoms with Gasteiger partial charge in [0, 0.05) is 24.2 Å². The molecule has 0 aliphatic rings. The fourth-order valence-electron chi connectivity index (χ4n) is 4.46. The lowest BCUT2D eigenvalue weighted by molar-refractivity contribution is 0.106. The van der Waals surface area contributed by atoms with Crippen molar-refractivity contribution in [1.29, 1.82) is 0 Å². The van der Waals surface area contributed by atoms with Gasteiger partial charge in [-0.25, -0.2) is 4.68 Å². The molecule has 2 aromatic carbocycles. The predicted octanol–water partition coefficient (Wildman–Crippen LogP) is 3.07. The number of rotatable bonds is 10. The zero-order chi connectivity index (χ0) is 24.9. The van der Waals surface area contributed by atoms with Crippen LogP contribution in [0.4, 0.5) is 0 Å². The van der Waals surface area contributed by atoms with E-state index in [1.807, 2.05) is 55.5 Å². The van der Waals surface area contributed by atoms with Crippen LogP contribution in [0.3, 0.4) is 0 Å². The third-order valence-corrected chi connectivity index (χ3v) is 6.18. The topological polar surface area (TPSA) is 109 Å². The molecule has 0 saturated heterocycles. The van der Waals surface area contributed by atoms with Gasteiger partial charge in [0.1, 0.15) is 5.75 Å². The SMILES string of the molecule is COc1ccc(Cn2nnnc2C(C(C)C)N(CCO)Cc2cc3ccc(C)cc3[nH]c2=O)cc1. The first-order valence-corrected chi connectivity index (χ1v) is 11.8. The second-order valence-electron chi connectivity index (χ2n) is 9.14. The molecule has 4 aromatic rings. The first-order valence-electron chi connectivity index (χ1n) is 11.8. The van der Waals surface area contributed by atoms with Gasteiger partial charge in [-0.2, -0.15) is 0 Å². The van der Waals surface area contributed by atoms with Gasteiger partial charge in [-0.3, -0.25) is 9.69 Å². The molecule has 1 unspecified atom stereocenters. The lowest BCUT2D eigenvalue weighted by atomic mass is 10.00. The summed E-state index contributed by atoms with van der Waals surface area (Å²) in [4.78, 5) is 18.0. The van der Waals surface area contributed by atoms with Crippen LogP contribution in [-0.2, 0) is 13.1 Å². The smallest absolute Gasteiger partial charge is 0.252 e. The number of hydrogen-bond donors (Lipinski definition) is 2. The highest BCUT2D eigenvalue weighted by Crippen LogP contribution is 2.29. The largest absolute Gasteiger partial charge is 0.497 e. The molecule has 9 nitrogen and oxygen atoms in total. The van der Waals surface area contributed by atoms with Crippen molar-refractivity contribution >= 4 is 10.9 Å². The predicted molar refractivity (Wildman–Crippen MR) is 134 cm³/mol. The number of hydrogen-bond acceptors (Lipinski definition) is 7. The number of aryl methyl sites for hydroxylation is 1. The summed E-state index contributed by atoms with van der Waals surface area (Å²) < 4.78 is 7.03. The van der Waals surface area contributed by atoms with E-state index in [1.165, 1.54) is 0 Å². The Labute approximate surface area is 204 Å². The number of aliphatic hydroxyl groups is 1. The van der Waals surface area contributed by atoms with E-state index in [4.69, 9.17) is 4.74 Å². The maximum absolute atomic E-state index is 12.9. The fourth-order valence-corrected chi connectivity index (χ4v) is 4.46. The highest BCUT2D eigenvalue weighted by atomic mass is 16.5. The quantitative estimate of drug-likeness (QED) is 0.362. The van der Waals surface area contributed by atoms with Crippen LogP contribution in [0.15, 0.2) is 53.3 Å². The number of nitrogens with one attached hydrogen (secondary N) is 1. The number of methoxy groups -OCH3 is 1. The van der Waals surface area contributed by atoms with Crippen LogP contribution in [0.25, 0.3) is 10.9 Å². The van der Waals surface area contributed by atoms with Crippen molar-refractivity contribution in [2.24, 2.45) is 5.92 Å². The monoisotopic (exact) mass is 476 g/mol. The molecule has 0 aliphatic heterocycles. The molecule has 0 aliphatic carbocycles. The number of tetrazole rings is 1. The minimum absolute atomic E-state index is 0.0477. The molecule has 0 radical (unpaired) electrons. The third-order valence-electron chi connectivity index (χ3n) is 6.18. The van der Waals surface area contributed by atoms with Crippen molar-refractivity contribution in [3.8, 4) is 5.75 Å². The molecule has 35 heavy (non-hydrogen) atoms. The van der Waals surface area contributed by atoms with Crippen molar-refractivity contribution < 1.29 is 9.84 Å². The average Bonchev–Trinajstić information content (AvgIpc) is 3.27. The highest BCUT2D eigenvalue weighted by Gasteiger charge is 2.29. The lowest BCUT2D eigenvalue weighted by Gasteiger charge is -2.33. The summed E-state index contributed by atoms with van der Waals surface area (Å²) >= 11 is 0. The van der Waals surface area contributed by atoms with Crippen LogP contribution < -0.4 is 10.3 Å². The zero-order valence-electron chi connectivity index (χ0n) is 20.6. The lowest BCUT2D eigenvalue weighted by Crippen LogP contribution is -2.37. The van der Waals surface area contributed by atoms with Crippen LogP contribution in [0, 0.1) is 12.8 Å². The van der Waals surface area contributed by atoms with Gasteiger partial charge in [-0.1, -0.05) is 38.1 Å². The molecule has 0 saturated carbocycles. The van der Waals surface area contributed by atoms with Crippen LogP contribution in [0.5, 0.6) is 5.75 Å². The molecule has 2 N–H and O–H groups in total. The average molecular weight is 477 g/mol. The highest BCUT2D eigenvalue weighted by molar-refractivity contribution is 5.79. The Balaban J connectivity index is 1.66. The number of aromatic amines is 1. The van der Waals surface area contributed by atoms with Crippen LogP contribution in [0.2, 0.25) is 0 Å². The zero-order valence-corrected chi connectivity index (χ0v) is 20.6. The maximum Gasteiger partial charge on any atom is 0.252 e. The van der Waals surface area contributed by atoms with E-state index < -0.39 is 0 Å². The third kappa shape index (κ3) is 5.58. The van der Waals surface area contributed by atoms with E-state index in [1.54, 1.807) is 11.8 Å². The van der Waals surface area contributed by atoms with Crippen molar-refractivity contribution in [3.63, 3.8) is 0 Å². The van der Waals surface area contributed by atoms with E-state index in [-0.39, 0.29) is 24.1 Å². The van der Waals surface area contributed by atoms with Crippen molar-refractivity contribution in [2.75, 3.05) is 20.3 Å². The van der Waals surface area contributed by atoms with Gasteiger partial charge in [-0.15, -0.1) is 5.10 Å². The summed E-state index contributed by atoms with van der Waals surface area (Å²) in [5.41, 5.74) is 3.44. The Morgan fingerprint density at radius 1 is 1.14 bits per heavy atom. The molecule has 2 aromatic heterocycles. The van der Waals surface area contributed by atoms with Gasteiger partial charge < -0.3 is 14.8 Å². The number of pyridine rings is 1. The summed E-state index contributed by atoms with van der Waals surface area (Å²) in [6.07, 6.45) is 0. The van der Waals surface area contributed by atoms with E-state index in [2.05, 4.69) is 39.3 Å². The molecule has 0 fully saturated rings. The Morgan fingerprint density at radius 3 is 2.60 bits per heavy atom. The number of benzene rings is 2. The standard InChI is InChI=1S/C26H32N6O3/c1-17(2)24(25-28-29-30-32(25)15-19-6-9-22(35-4)10-7-19)31(11-12-33)16-21-14-20-8-5-18(3)13-23(20)27-26(21)34/h5-10,13-14,17,24,33H,11-12,15-16H2,1-4H3,(H,27,34). The number of aliphatic hydroxyl groups excluding tert-OH is 1. The molecule has 2 heterocycles. The Bertz CT molecular complexity index is 1330. The fraction of sp³-hybridized carbons (Fsp3) is 0.385. The summed E-state index contributed by atoms with van der Waals surface area (Å²) in [7, 11) is 1.64. The van der Waals surface area contributed by atoms with Crippen LogP contribution in [0.1, 0.15) is 42.4 Å². The van der Waals surface area contributed by atoms with Crippen LogP contribution in [-0.4, -0.2) is 55.5 Å². The number of aromatic nitrogens is 5. The second kappa shape index (κ2) is 10.8. The Hall–Kier alpha value is -3.56. The first-order chi connectivity index (χ1) is 16.9.